The fraction of sp³-hybridized carbons (Fsp3) is 0.429. The van der Waals surface area contributed by atoms with E-state index in [4.69, 9.17) is 0 Å². The van der Waals surface area contributed by atoms with Gasteiger partial charge in [0.05, 0.1) is 5.71 Å². The third kappa shape index (κ3) is 5.27. The van der Waals surface area contributed by atoms with Crippen molar-refractivity contribution >= 4 is 28.0 Å². The molecule has 136 valence electrons. The number of aryl methyl sites for hydroxylation is 2. The van der Waals surface area contributed by atoms with Crippen LogP contribution in [0, 0.1) is 13.8 Å². The van der Waals surface area contributed by atoms with Gasteiger partial charge in [0.2, 0.25) is 5.91 Å². The lowest BCUT2D eigenvalue weighted by Crippen LogP contribution is -2.21. The zero-order valence-electron chi connectivity index (χ0n) is 16.4. The lowest BCUT2D eigenvalue weighted by molar-refractivity contribution is -0.116. The SMILES string of the molecule is CC.CCC.Cc1ccc(C2=N[C@@H](C)C(=O)Nc3scc(C)c32)cc1. The van der Waals surface area contributed by atoms with Crippen LogP contribution in [0.4, 0.5) is 5.00 Å². The van der Waals surface area contributed by atoms with E-state index in [9.17, 15) is 4.79 Å². The Morgan fingerprint density at radius 1 is 1.12 bits per heavy atom. The number of nitrogens with one attached hydrogen (secondary N) is 1. The zero-order valence-corrected chi connectivity index (χ0v) is 17.3. The summed E-state index contributed by atoms with van der Waals surface area (Å²) < 4.78 is 0. The van der Waals surface area contributed by atoms with E-state index >= 15 is 0 Å². The highest BCUT2D eigenvalue weighted by Crippen LogP contribution is 2.32. The number of anilines is 1. The van der Waals surface area contributed by atoms with Gasteiger partial charge in [0, 0.05) is 11.1 Å². The number of aliphatic imine (C=N–C) groups is 1. The minimum atomic E-state index is -0.370. The molecule has 1 aromatic heterocycles. The molecule has 3 nitrogen and oxygen atoms in total. The molecule has 1 aromatic carbocycles. The Morgan fingerprint density at radius 3 is 2.24 bits per heavy atom. The zero-order chi connectivity index (χ0) is 19.0. The van der Waals surface area contributed by atoms with Gasteiger partial charge in [-0.3, -0.25) is 9.79 Å². The Hall–Kier alpha value is -1.94. The number of hydrogen-bond donors (Lipinski definition) is 1. The molecule has 4 heteroatoms. The number of fused-ring (bicyclic) bond motifs is 1. The van der Waals surface area contributed by atoms with Gasteiger partial charge in [-0.2, -0.15) is 0 Å². The van der Waals surface area contributed by atoms with Crippen molar-refractivity contribution < 1.29 is 4.79 Å². The molecular formula is C21H30N2OS. The van der Waals surface area contributed by atoms with Gasteiger partial charge in [-0.25, -0.2) is 0 Å². The van der Waals surface area contributed by atoms with Gasteiger partial charge in [0.25, 0.3) is 0 Å². The van der Waals surface area contributed by atoms with Crippen molar-refractivity contribution in [1.82, 2.24) is 0 Å². The number of hydrogen-bond acceptors (Lipinski definition) is 3. The molecule has 1 aliphatic heterocycles. The van der Waals surface area contributed by atoms with Crippen molar-refractivity contribution in [1.29, 1.82) is 0 Å². The summed E-state index contributed by atoms with van der Waals surface area (Å²) in [7, 11) is 0. The van der Waals surface area contributed by atoms with Crippen molar-refractivity contribution in [2.45, 2.75) is 60.9 Å². The number of nitrogens with zero attached hydrogens (tertiary/aromatic N) is 1. The van der Waals surface area contributed by atoms with Crippen LogP contribution in [0.3, 0.4) is 0 Å². The first kappa shape index (κ1) is 21.1. The van der Waals surface area contributed by atoms with Crippen molar-refractivity contribution in [3.63, 3.8) is 0 Å². The van der Waals surface area contributed by atoms with Gasteiger partial charge in [-0.15, -0.1) is 11.3 Å². The fourth-order valence-electron chi connectivity index (χ4n) is 2.29. The van der Waals surface area contributed by atoms with Crippen molar-refractivity contribution in [2.24, 2.45) is 4.99 Å². The fourth-order valence-corrected chi connectivity index (χ4v) is 3.24. The molecule has 0 spiro atoms. The van der Waals surface area contributed by atoms with E-state index in [0.717, 1.165) is 27.4 Å². The molecule has 0 saturated carbocycles. The summed E-state index contributed by atoms with van der Waals surface area (Å²) in [5.41, 5.74) is 5.38. The highest BCUT2D eigenvalue weighted by Gasteiger charge is 2.25. The van der Waals surface area contributed by atoms with Crippen LogP contribution in [-0.4, -0.2) is 17.7 Å². The van der Waals surface area contributed by atoms with E-state index in [2.05, 4.69) is 67.6 Å². The number of carbonyl (C=O) groups is 1. The summed E-state index contributed by atoms with van der Waals surface area (Å²) >= 11 is 1.56. The van der Waals surface area contributed by atoms with Crippen LogP contribution in [0.25, 0.3) is 0 Å². The molecule has 1 N–H and O–H groups in total. The predicted molar refractivity (Wildman–Crippen MR) is 111 cm³/mol. The predicted octanol–water partition coefficient (Wildman–Crippen LogP) is 5.99. The maximum Gasteiger partial charge on any atom is 0.249 e. The molecule has 0 bridgehead atoms. The lowest BCUT2D eigenvalue weighted by atomic mass is 10.00. The number of rotatable bonds is 1. The average Bonchev–Trinajstić information content (AvgIpc) is 2.90. The molecule has 0 aliphatic carbocycles. The highest BCUT2D eigenvalue weighted by atomic mass is 32.1. The summed E-state index contributed by atoms with van der Waals surface area (Å²) in [6.45, 7) is 14.2. The van der Waals surface area contributed by atoms with Gasteiger partial charge in [0.1, 0.15) is 11.0 Å². The molecule has 0 unspecified atom stereocenters. The van der Waals surface area contributed by atoms with Gasteiger partial charge in [-0.1, -0.05) is 63.9 Å². The van der Waals surface area contributed by atoms with Crippen molar-refractivity contribution in [2.75, 3.05) is 5.32 Å². The Kier molecular flexibility index (Phi) is 8.56. The average molecular weight is 359 g/mol. The molecular weight excluding hydrogens is 328 g/mol. The first-order valence-electron chi connectivity index (χ1n) is 9.02. The van der Waals surface area contributed by atoms with Crippen LogP contribution in [-0.2, 0) is 4.79 Å². The first-order chi connectivity index (χ1) is 12.0. The maximum atomic E-state index is 12.0. The van der Waals surface area contributed by atoms with Crippen LogP contribution in [0.1, 0.15) is 63.3 Å². The van der Waals surface area contributed by atoms with Crippen LogP contribution in [0.15, 0.2) is 34.6 Å². The van der Waals surface area contributed by atoms with Gasteiger partial charge in [0.15, 0.2) is 0 Å². The molecule has 25 heavy (non-hydrogen) atoms. The monoisotopic (exact) mass is 358 g/mol. The highest BCUT2D eigenvalue weighted by molar-refractivity contribution is 7.15. The van der Waals surface area contributed by atoms with E-state index in [1.807, 2.05) is 20.8 Å². The van der Waals surface area contributed by atoms with Gasteiger partial charge < -0.3 is 5.32 Å². The summed E-state index contributed by atoms with van der Waals surface area (Å²) in [6, 6.07) is 7.91. The first-order valence-corrected chi connectivity index (χ1v) is 9.90. The second-order valence-electron chi connectivity index (χ2n) is 5.84. The van der Waals surface area contributed by atoms with Crippen molar-refractivity contribution in [3.05, 3.63) is 51.9 Å². The Labute approximate surface area is 156 Å². The summed E-state index contributed by atoms with van der Waals surface area (Å²) in [6.07, 6.45) is 1.25. The largest absolute Gasteiger partial charge is 0.315 e. The van der Waals surface area contributed by atoms with Crippen LogP contribution in [0.2, 0.25) is 0 Å². The second-order valence-corrected chi connectivity index (χ2v) is 6.72. The molecule has 1 amide bonds. The summed E-state index contributed by atoms with van der Waals surface area (Å²) in [5.74, 6) is -0.0461. The van der Waals surface area contributed by atoms with E-state index in [0.29, 0.717) is 0 Å². The summed E-state index contributed by atoms with van der Waals surface area (Å²) in [4.78, 5) is 16.6. The molecule has 0 fully saturated rings. The van der Waals surface area contributed by atoms with Crippen LogP contribution in [0.5, 0.6) is 0 Å². The minimum Gasteiger partial charge on any atom is -0.315 e. The standard InChI is InChI=1S/C16H16N2OS.C3H8.C2H6/c1-9-4-6-12(7-5-9)14-13-10(2)8-20-16(13)18-15(19)11(3)17-14;1-3-2;1-2/h4-8,11H,1-3H3,(H,18,19);3H2,1-2H3;1-2H3/t11-;;/m0../s1. The minimum absolute atomic E-state index is 0.0461. The number of benzene rings is 1. The Bertz CT molecular complexity index is 714. The van der Waals surface area contributed by atoms with Crippen LogP contribution >= 0.6 is 11.3 Å². The van der Waals surface area contributed by atoms with Crippen LogP contribution < -0.4 is 5.32 Å². The van der Waals surface area contributed by atoms with E-state index < -0.39 is 0 Å². The summed E-state index contributed by atoms with van der Waals surface area (Å²) in [5, 5.41) is 5.93. The number of thiophene rings is 1. The van der Waals surface area contributed by atoms with Gasteiger partial charge >= 0.3 is 0 Å². The smallest absolute Gasteiger partial charge is 0.249 e. The van der Waals surface area contributed by atoms with E-state index in [-0.39, 0.29) is 11.9 Å². The van der Waals surface area contributed by atoms with Crippen molar-refractivity contribution in [3.8, 4) is 0 Å². The van der Waals surface area contributed by atoms with E-state index in [1.54, 1.807) is 11.3 Å². The van der Waals surface area contributed by atoms with E-state index in [1.165, 1.54) is 12.0 Å². The molecule has 2 heterocycles. The topological polar surface area (TPSA) is 41.5 Å². The lowest BCUT2D eigenvalue weighted by Gasteiger charge is -2.08. The number of carbonyl (C=O) groups excluding carboxylic acids is 1. The Morgan fingerprint density at radius 2 is 1.68 bits per heavy atom. The normalized spacial score (nSPS) is 15.4. The Balaban J connectivity index is 0.000000567. The maximum absolute atomic E-state index is 12.0. The second kappa shape index (κ2) is 10.1. The van der Waals surface area contributed by atoms with Gasteiger partial charge in [-0.05, 0) is 31.7 Å². The molecule has 1 atom stereocenters. The molecule has 1 aliphatic rings. The molecule has 0 radical (unpaired) electrons. The quantitative estimate of drug-likeness (QED) is 0.669. The molecule has 0 saturated heterocycles. The third-order valence-corrected chi connectivity index (χ3v) is 4.49. The third-order valence-electron chi connectivity index (χ3n) is 3.48. The number of amides is 1. The molecule has 2 aromatic rings. The molecule has 3 rings (SSSR count).